The van der Waals surface area contributed by atoms with E-state index in [-0.39, 0.29) is 11.9 Å². The van der Waals surface area contributed by atoms with E-state index in [1.54, 1.807) is 6.26 Å². The van der Waals surface area contributed by atoms with Crippen LogP contribution in [0.2, 0.25) is 0 Å². The number of nitrogens with one attached hydrogen (secondary N) is 1. The van der Waals surface area contributed by atoms with E-state index >= 15 is 0 Å². The molecule has 4 nitrogen and oxygen atoms in total. The topological polar surface area (TPSA) is 45.5 Å². The molecule has 1 aromatic carbocycles. The van der Waals surface area contributed by atoms with Gasteiger partial charge in [-0.05, 0) is 49.5 Å². The molecule has 4 heteroatoms. The fraction of sp³-hybridized carbons (Fsp3) is 0.476. The van der Waals surface area contributed by atoms with Crippen molar-refractivity contribution in [3.63, 3.8) is 0 Å². The van der Waals surface area contributed by atoms with Gasteiger partial charge in [0.15, 0.2) is 0 Å². The van der Waals surface area contributed by atoms with Crippen molar-refractivity contribution in [3.8, 4) is 0 Å². The van der Waals surface area contributed by atoms with Crippen LogP contribution in [-0.4, -0.2) is 30.4 Å². The number of nitrogens with zero attached hydrogens (tertiary/aromatic N) is 1. The highest BCUT2D eigenvalue weighted by Gasteiger charge is 2.24. The number of aryl methyl sites for hydroxylation is 1. The molecule has 1 saturated heterocycles. The summed E-state index contributed by atoms with van der Waals surface area (Å²) in [6.07, 6.45) is 5.23. The number of likely N-dealkylation sites (tertiary alicyclic amines) is 1. The second kappa shape index (κ2) is 8.86. The molecule has 1 aromatic heterocycles. The Morgan fingerprint density at radius 3 is 2.64 bits per heavy atom. The Balaban J connectivity index is 1.56. The van der Waals surface area contributed by atoms with Crippen molar-refractivity contribution in [2.24, 2.45) is 5.92 Å². The Morgan fingerprint density at radius 2 is 1.96 bits per heavy atom. The number of amides is 1. The summed E-state index contributed by atoms with van der Waals surface area (Å²) >= 11 is 0. The van der Waals surface area contributed by atoms with Crippen molar-refractivity contribution in [1.29, 1.82) is 0 Å². The fourth-order valence-electron chi connectivity index (χ4n) is 3.46. The van der Waals surface area contributed by atoms with Gasteiger partial charge >= 0.3 is 0 Å². The van der Waals surface area contributed by atoms with Crippen LogP contribution < -0.4 is 5.32 Å². The van der Waals surface area contributed by atoms with Crippen LogP contribution in [0.4, 0.5) is 0 Å². The molecule has 1 amide bonds. The standard InChI is InChI=1S/C21H28N2O2/c1-17-11-13-23(14-12-17)20(18-6-3-2-4-7-18)16-22-21(24)10-9-19-8-5-15-25-19/h2-8,15,17,20H,9-14,16H2,1H3,(H,22,24). The van der Waals surface area contributed by atoms with Crippen molar-refractivity contribution >= 4 is 5.91 Å². The lowest BCUT2D eigenvalue weighted by Gasteiger charge is -2.37. The molecular weight excluding hydrogens is 312 g/mol. The van der Waals surface area contributed by atoms with E-state index in [1.807, 2.05) is 18.2 Å². The van der Waals surface area contributed by atoms with Crippen LogP contribution in [0.3, 0.4) is 0 Å². The third-order valence-corrected chi connectivity index (χ3v) is 5.11. The minimum atomic E-state index is 0.0858. The molecule has 2 heterocycles. The summed E-state index contributed by atoms with van der Waals surface area (Å²) in [6.45, 7) is 5.19. The third kappa shape index (κ3) is 5.20. The highest BCUT2D eigenvalue weighted by molar-refractivity contribution is 5.76. The first-order valence-corrected chi connectivity index (χ1v) is 9.30. The summed E-state index contributed by atoms with van der Waals surface area (Å²) in [4.78, 5) is 14.8. The van der Waals surface area contributed by atoms with E-state index in [0.29, 0.717) is 19.4 Å². The zero-order valence-electron chi connectivity index (χ0n) is 15.0. The Kier molecular flexibility index (Phi) is 6.29. The zero-order valence-corrected chi connectivity index (χ0v) is 15.0. The maximum absolute atomic E-state index is 12.2. The summed E-state index contributed by atoms with van der Waals surface area (Å²) in [6, 6.07) is 14.5. The molecule has 3 rings (SSSR count). The van der Waals surface area contributed by atoms with Gasteiger partial charge in [0, 0.05) is 19.4 Å². The van der Waals surface area contributed by atoms with E-state index in [2.05, 4.69) is 41.4 Å². The summed E-state index contributed by atoms with van der Waals surface area (Å²) < 4.78 is 5.30. The molecule has 0 spiro atoms. The Bertz CT molecular complexity index is 631. The van der Waals surface area contributed by atoms with Crippen LogP contribution in [0.5, 0.6) is 0 Å². The zero-order chi connectivity index (χ0) is 17.5. The quantitative estimate of drug-likeness (QED) is 0.834. The van der Waals surface area contributed by atoms with Gasteiger partial charge in [0.25, 0.3) is 0 Å². The molecule has 0 radical (unpaired) electrons. The summed E-state index contributed by atoms with van der Waals surface area (Å²) in [7, 11) is 0. The van der Waals surface area contributed by atoms with Gasteiger partial charge in [0.2, 0.25) is 5.91 Å². The highest BCUT2D eigenvalue weighted by atomic mass is 16.3. The van der Waals surface area contributed by atoms with Crippen LogP contribution in [-0.2, 0) is 11.2 Å². The number of furan rings is 1. The minimum Gasteiger partial charge on any atom is -0.469 e. The largest absolute Gasteiger partial charge is 0.469 e. The van der Waals surface area contributed by atoms with Crippen LogP contribution in [0, 0.1) is 5.92 Å². The third-order valence-electron chi connectivity index (χ3n) is 5.11. The van der Waals surface area contributed by atoms with Crippen LogP contribution in [0.25, 0.3) is 0 Å². The van der Waals surface area contributed by atoms with Gasteiger partial charge in [-0.15, -0.1) is 0 Å². The fourth-order valence-corrected chi connectivity index (χ4v) is 3.46. The lowest BCUT2D eigenvalue weighted by atomic mass is 9.95. The van der Waals surface area contributed by atoms with Crippen molar-refractivity contribution in [3.05, 3.63) is 60.1 Å². The lowest BCUT2D eigenvalue weighted by molar-refractivity contribution is -0.121. The molecule has 1 unspecified atom stereocenters. The number of carbonyl (C=O) groups is 1. The second-order valence-electron chi connectivity index (χ2n) is 7.03. The number of piperidine rings is 1. The number of carbonyl (C=O) groups excluding carboxylic acids is 1. The average molecular weight is 340 g/mol. The first-order chi connectivity index (χ1) is 12.2. The monoisotopic (exact) mass is 340 g/mol. The number of benzene rings is 1. The normalized spacial score (nSPS) is 17.3. The SMILES string of the molecule is CC1CCN(C(CNC(=O)CCc2ccco2)c2ccccc2)CC1. The smallest absolute Gasteiger partial charge is 0.220 e. The van der Waals surface area contributed by atoms with Crippen molar-refractivity contribution in [2.75, 3.05) is 19.6 Å². The molecule has 2 aromatic rings. The van der Waals surface area contributed by atoms with Crippen molar-refractivity contribution < 1.29 is 9.21 Å². The predicted octanol–water partition coefficient (Wildman–Crippen LogP) is 3.80. The Hall–Kier alpha value is -2.07. The Labute approximate surface area is 150 Å². The van der Waals surface area contributed by atoms with Gasteiger partial charge in [-0.25, -0.2) is 0 Å². The first kappa shape index (κ1) is 17.7. The van der Waals surface area contributed by atoms with Crippen molar-refractivity contribution in [1.82, 2.24) is 10.2 Å². The molecule has 1 aliphatic heterocycles. The van der Waals surface area contributed by atoms with Crippen LogP contribution in [0.1, 0.15) is 43.6 Å². The van der Waals surface area contributed by atoms with Gasteiger partial charge < -0.3 is 9.73 Å². The highest BCUT2D eigenvalue weighted by Crippen LogP contribution is 2.26. The van der Waals surface area contributed by atoms with Crippen molar-refractivity contribution in [2.45, 2.75) is 38.6 Å². The van der Waals surface area contributed by atoms with Gasteiger partial charge in [-0.1, -0.05) is 37.3 Å². The molecule has 0 bridgehead atoms. The maximum Gasteiger partial charge on any atom is 0.220 e. The minimum absolute atomic E-state index is 0.0858. The second-order valence-corrected chi connectivity index (χ2v) is 7.03. The predicted molar refractivity (Wildman–Crippen MR) is 99.2 cm³/mol. The lowest BCUT2D eigenvalue weighted by Crippen LogP contribution is -2.42. The molecular formula is C21H28N2O2. The average Bonchev–Trinajstić information content (AvgIpc) is 3.16. The summed E-state index contributed by atoms with van der Waals surface area (Å²) in [5.41, 5.74) is 1.28. The van der Waals surface area contributed by atoms with Gasteiger partial charge in [0.1, 0.15) is 5.76 Å². The van der Waals surface area contributed by atoms with Gasteiger partial charge in [-0.3, -0.25) is 9.69 Å². The number of hydrogen-bond donors (Lipinski definition) is 1. The Morgan fingerprint density at radius 1 is 1.20 bits per heavy atom. The molecule has 134 valence electrons. The van der Waals surface area contributed by atoms with Gasteiger partial charge in [0.05, 0.1) is 12.3 Å². The number of hydrogen-bond acceptors (Lipinski definition) is 3. The van der Waals surface area contributed by atoms with Crippen LogP contribution >= 0.6 is 0 Å². The first-order valence-electron chi connectivity index (χ1n) is 9.30. The molecule has 1 N–H and O–H groups in total. The van der Waals surface area contributed by atoms with E-state index in [1.165, 1.54) is 18.4 Å². The molecule has 25 heavy (non-hydrogen) atoms. The molecule has 1 atom stereocenters. The van der Waals surface area contributed by atoms with Gasteiger partial charge in [-0.2, -0.15) is 0 Å². The van der Waals surface area contributed by atoms with Crippen LogP contribution in [0.15, 0.2) is 53.1 Å². The molecule has 1 aliphatic rings. The molecule has 0 aliphatic carbocycles. The van der Waals surface area contributed by atoms with E-state index in [0.717, 1.165) is 24.8 Å². The summed E-state index contributed by atoms with van der Waals surface area (Å²) in [5.74, 6) is 1.75. The maximum atomic E-state index is 12.2. The molecule has 0 saturated carbocycles. The van der Waals surface area contributed by atoms with E-state index < -0.39 is 0 Å². The summed E-state index contributed by atoms with van der Waals surface area (Å²) in [5, 5.41) is 3.13. The number of rotatable bonds is 7. The molecule has 1 fully saturated rings. The van der Waals surface area contributed by atoms with E-state index in [4.69, 9.17) is 4.42 Å². The van der Waals surface area contributed by atoms with E-state index in [9.17, 15) is 4.79 Å².